The highest BCUT2D eigenvalue weighted by atomic mass is 127. The Morgan fingerprint density at radius 2 is 1.83 bits per heavy atom. The monoisotopic (exact) mass is 549 g/mol. The molecule has 3 rings (SSSR count). The van der Waals surface area contributed by atoms with Gasteiger partial charge < -0.3 is 10.6 Å². The summed E-state index contributed by atoms with van der Waals surface area (Å²) in [6.07, 6.45) is 4.05. The predicted molar refractivity (Wildman–Crippen MR) is 134 cm³/mol. The number of halogens is 1. The number of likely N-dealkylation sites (tertiary alicyclic amines) is 1. The molecule has 2 saturated heterocycles. The molecule has 30 heavy (non-hydrogen) atoms. The molecule has 2 aliphatic heterocycles. The van der Waals surface area contributed by atoms with Gasteiger partial charge in [0.05, 0.1) is 5.75 Å². The zero-order valence-electron chi connectivity index (χ0n) is 18.1. The zero-order valence-corrected chi connectivity index (χ0v) is 21.2. The first kappa shape index (κ1) is 25.4. The fraction of sp³-hybridized carbons (Fsp3) is 0.667. The number of guanidine groups is 1. The van der Waals surface area contributed by atoms with E-state index in [1.807, 2.05) is 0 Å². The summed E-state index contributed by atoms with van der Waals surface area (Å²) in [7, 11) is -1.28. The van der Waals surface area contributed by atoms with Crippen molar-refractivity contribution in [2.75, 3.05) is 39.0 Å². The number of piperidine rings is 1. The van der Waals surface area contributed by atoms with Crippen LogP contribution in [0, 0.1) is 0 Å². The van der Waals surface area contributed by atoms with Crippen LogP contribution in [0.15, 0.2) is 35.3 Å². The van der Waals surface area contributed by atoms with Crippen LogP contribution in [0.2, 0.25) is 0 Å². The third kappa shape index (κ3) is 7.06. The van der Waals surface area contributed by atoms with E-state index in [0.29, 0.717) is 19.1 Å². The van der Waals surface area contributed by atoms with Crippen LogP contribution in [0.5, 0.6) is 0 Å². The highest BCUT2D eigenvalue weighted by Crippen LogP contribution is 2.19. The van der Waals surface area contributed by atoms with Gasteiger partial charge in [0.25, 0.3) is 0 Å². The molecule has 2 aliphatic rings. The van der Waals surface area contributed by atoms with Crippen molar-refractivity contribution in [1.82, 2.24) is 19.8 Å². The third-order valence-corrected chi connectivity index (χ3v) is 7.89. The number of aliphatic imine (C=N–C) groups is 1. The molecule has 0 aromatic heterocycles. The summed E-state index contributed by atoms with van der Waals surface area (Å²) in [4.78, 5) is 6.93. The SMILES string of the molecule is CCS(=O)(=O)N1CCC(NC(=NC)NCC2CCCN2Cc2ccccc2)CC1.I. The van der Waals surface area contributed by atoms with Crippen LogP contribution in [0.3, 0.4) is 0 Å². The molecule has 2 heterocycles. The molecule has 0 spiro atoms. The Bertz CT molecular complexity index is 767. The molecule has 170 valence electrons. The maximum atomic E-state index is 12.0. The molecule has 9 heteroatoms. The standard InChI is InChI=1S/C21H35N5O2S.HI/c1-3-29(27,28)26-14-11-19(12-15-26)24-21(22-2)23-16-20-10-7-13-25(20)17-18-8-5-4-6-9-18;/h4-6,8-9,19-20H,3,7,10-17H2,1-2H3,(H2,22,23,24);1H. The minimum absolute atomic E-state index is 0. The topological polar surface area (TPSA) is 77.0 Å². The molecule has 2 fully saturated rings. The Kier molecular flexibility index (Phi) is 10.3. The van der Waals surface area contributed by atoms with Gasteiger partial charge in [0.1, 0.15) is 0 Å². The molecule has 1 atom stereocenters. The van der Waals surface area contributed by atoms with Crippen molar-refractivity contribution >= 4 is 40.0 Å². The highest BCUT2D eigenvalue weighted by Gasteiger charge is 2.28. The van der Waals surface area contributed by atoms with Crippen molar-refractivity contribution in [3.05, 3.63) is 35.9 Å². The second-order valence-corrected chi connectivity index (χ2v) is 10.2. The number of nitrogens with one attached hydrogen (secondary N) is 2. The minimum Gasteiger partial charge on any atom is -0.355 e. The Hall–Kier alpha value is -0.910. The van der Waals surface area contributed by atoms with Crippen molar-refractivity contribution < 1.29 is 8.42 Å². The average molecular weight is 550 g/mol. The lowest BCUT2D eigenvalue weighted by Crippen LogP contribution is -2.51. The quantitative estimate of drug-likeness (QED) is 0.310. The molecular formula is C21H36IN5O2S. The number of hydrogen-bond donors (Lipinski definition) is 2. The van der Waals surface area contributed by atoms with E-state index >= 15 is 0 Å². The maximum Gasteiger partial charge on any atom is 0.213 e. The van der Waals surface area contributed by atoms with Gasteiger partial charge in [-0.05, 0) is 44.7 Å². The lowest BCUT2D eigenvalue weighted by Gasteiger charge is -2.32. The summed E-state index contributed by atoms with van der Waals surface area (Å²) < 4.78 is 25.6. The molecule has 0 amide bonds. The van der Waals surface area contributed by atoms with Crippen molar-refractivity contribution in [2.45, 2.75) is 51.2 Å². The molecule has 1 unspecified atom stereocenters. The molecule has 7 nitrogen and oxygen atoms in total. The van der Waals surface area contributed by atoms with Crippen LogP contribution in [0.25, 0.3) is 0 Å². The van der Waals surface area contributed by atoms with Crippen LogP contribution < -0.4 is 10.6 Å². The van der Waals surface area contributed by atoms with Gasteiger partial charge in [-0.2, -0.15) is 0 Å². The van der Waals surface area contributed by atoms with Crippen molar-refractivity contribution in [3.63, 3.8) is 0 Å². The molecule has 1 aromatic rings. The van der Waals surface area contributed by atoms with E-state index < -0.39 is 10.0 Å². The summed E-state index contributed by atoms with van der Waals surface area (Å²) in [6, 6.07) is 11.4. The first-order valence-electron chi connectivity index (χ1n) is 10.7. The van der Waals surface area contributed by atoms with Gasteiger partial charge in [-0.3, -0.25) is 9.89 Å². The Labute approximate surface area is 198 Å². The van der Waals surface area contributed by atoms with Crippen LogP contribution in [0.1, 0.15) is 38.2 Å². The molecule has 0 saturated carbocycles. The van der Waals surface area contributed by atoms with Gasteiger partial charge >= 0.3 is 0 Å². The van der Waals surface area contributed by atoms with Gasteiger partial charge in [-0.25, -0.2) is 12.7 Å². The normalized spacial score (nSPS) is 21.9. The molecule has 0 radical (unpaired) electrons. The number of hydrogen-bond acceptors (Lipinski definition) is 4. The predicted octanol–water partition coefficient (Wildman–Crippen LogP) is 2.25. The molecule has 2 N–H and O–H groups in total. The number of rotatable bonds is 7. The van der Waals surface area contributed by atoms with Crippen molar-refractivity contribution in [1.29, 1.82) is 0 Å². The first-order chi connectivity index (χ1) is 14.0. The van der Waals surface area contributed by atoms with Crippen LogP contribution >= 0.6 is 24.0 Å². The molecule has 0 aliphatic carbocycles. The lowest BCUT2D eigenvalue weighted by atomic mass is 10.1. The van der Waals surface area contributed by atoms with Crippen molar-refractivity contribution in [3.8, 4) is 0 Å². The van der Waals surface area contributed by atoms with Gasteiger partial charge in [0.15, 0.2) is 5.96 Å². The summed E-state index contributed by atoms with van der Waals surface area (Å²) in [5, 5.41) is 6.98. The summed E-state index contributed by atoms with van der Waals surface area (Å²) in [5.41, 5.74) is 1.36. The third-order valence-electron chi connectivity index (χ3n) is 6.01. The zero-order chi connectivity index (χ0) is 20.7. The number of benzene rings is 1. The Morgan fingerprint density at radius 1 is 1.13 bits per heavy atom. The van der Waals surface area contributed by atoms with E-state index in [4.69, 9.17) is 0 Å². The van der Waals surface area contributed by atoms with Crippen LogP contribution in [0.4, 0.5) is 0 Å². The second-order valence-electron chi connectivity index (χ2n) is 7.92. The highest BCUT2D eigenvalue weighted by molar-refractivity contribution is 14.0. The van der Waals surface area contributed by atoms with E-state index in [1.54, 1.807) is 18.3 Å². The minimum atomic E-state index is -3.08. The largest absolute Gasteiger partial charge is 0.355 e. The summed E-state index contributed by atoms with van der Waals surface area (Å²) in [5.74, 6) is 0.989. The van der Waals surface area contributed by atoms with Crippen molar-refractivity contribution in [2.24, 2.45) is 4.99 Å². The van der Waals surface area contributed by atoms with Crippen LogP contribution in [-0.2, 0) is 16.6 Å². The molecule has 1 aromatic carbocycles. The Balaban J connectivity index is 0.00000320. The van der Waals surface area contributed by atoms with Gasteiger partial charge in [-0.1, -0.05) is 30.3 Å². The lowest BCUT2D eigenvalue weighted by molar-refractivity contribution is 0.244. The van der Waals surface area contributed by atoms with E-state index in [9.17, 15) is 8.42 Å². The van der Waals surface area contributed by atoms with Crippen LogP contribution in [-0.4, -0.2) is 74.6 Å². The molecular weight excluding hydrogens is 513 g/mol. The van der Waals surface area contributed by atoms with Gasteiger partial charge in [-0.15, -0.1) is 24.0 Å². The second kappa shape index (κ2) is 12.2. The van der Waals surface area contributed by atoms with E-state index in [1.165, 1.54) is 18.4 Å². The fourth-order valence-electron chi connectivity index (χ4n) is 4.22. The molecule has 0 bridgehead atoms. The average Bonchev–Trinajstić information content (AvgIpc) is 3.19. The Morgan fingerprint density at radius 3 is 2.47 bits per heavy atom. The number of sulfonamides is 1. The van der Waals surface area contributed by atoms with E-state index in [2.05, 4.69) is 50.9 Å². The van der Waals surface area contributed by atoms with Gasteiger partial charge in [0.2, 0.25) is 10.0 Å². The summed E-state index contributed by atoms with van der Waals surface area (Å²) in [6.45, 7) is 5.86. The first-order valence-corrected chi connectivity index (χ1v) is 12.4. The maximum absolute atomic E-state index is 12.0. The summed E-state index contributed by atoms with van der Waals surface area (Å²) >= 11 is 0. The smallest absolute Gasteiger partial charge is 0.213 e. The number of nitrogens with zero attached hydrogens (tertiary/aromatic N) is 3. The fourth-order valence-corrected chi connectivity index (χ4v) is 5.35. The van der Waals surface area contributed by atoms with E-state index in [-0.39, 0.29) is 35.8 Å². The van der Waals surface area contributed by atoms with E-state index in [0.717, 1.165) is 38.4 Å². The van der Waals surface area contributed by atoms with Gasteiger partial charge in [0, 0.05) is 45.3 Å².